The van der Waals surface area contributed by atoms with Crippen LogP contribution in [0.15, 0.2) is 60.7 Å². The molecule has 0 saturated heterocycles. The zero-order chi connectivity index (χ0) is 16.1. The molecule has 0 aliphatic carbocycles. The van der Waals surface area contributed by atoms with Gasteiger partial charge in [0.05, 0.1) is 25.0 Å². The van der Waals surface area contributed by atoms with Gasteiger partial charge >= 0.3 is 0 Å². The van der Waals surface area contributed by atoms with Gasteiger partial charge in [0, 0.05) is 0 Å². The van der Waals surface area contributed by atoms with E-state index in [0.29, 0.717) is 11.1 Å². The van der Waals surface area contributed by atoms with Crippen molar-refractivity contribution in [2.45, 2.75) is 24.0 Å². The molecule has 2 aromatic rings. The van der Waals surface area contributed by atoms with Crippen LogP contribution in [-0.2, 0) is 11.2 Å². The summed E-state index contributed by atoms with van der Waals surface area (Å²) in [5, 5.41) is 40.6. The van der Waals surface area contributed by atoms with Gasteiger partial charge in [-0.25, -0.2) is 0 Å². The summed E-state index contributed by atoms with van der Waals surface area (Å²) in [4.78, 5) is 0. The van der Waals surface area contributed by atoms with Crippen molar-refractivity contribution in [1.82, 2.24) is 0 Å². The van der Waals surface area contributed by atoms with Gasteiger partial charge in [-0.3, -0.25) is 0 Å². The van der Waals surface area contributed by atoms with E-state index in [1.165, 1.54) is 0 Å². The molecular weight excluding hydrogens is 276 g/mol. The summed E-state index contributed by atoms with van der Waals surface area (Å²) in [5.41, 5.74) is -2.95. The number of nitriles is 2. The second-order valence-electron chi connectivity index (χ2n) is 5.12. The lowest BCUT2D eigenvalue weighted by Crippen LogP contribution is -2.49. The van der Waals surface area contributed by atoms with Crippen molar-refractivity contribution in [1.29, 1.82) is 10.5 Å². The predicted octanol–water partition coefficient (Wildman–Crippen LogP) is 2.59. The lowest BCUT2D eigenvalue weighted by atomic mass is 9.70. The first kappa shape index (κ1) is 15.7. The molecule has 4 nitrogen and oxygen atoms in total. The highest BCUT2D eigenvalue weighted by Gasteiger charge is 2.51. The molecule has 0 aliphatic heterocycles. The Morgan fingerprint density at radius 2 is 1.00 bits per heavy atom. The fraction of sp³-hybridized carbons (Fsp3) is 0.222. The van der Waals surface area contributed by atoms with Crippen LogP contribution in [0.3, 0.4) is 0 Å². The molecule has 2 N–H and O–H groups in total. The minimum atomic E-state index is -1.87. The van der Waals surface area contributed by atoms with Crippen LogP contribution in [-0.4, -0.2) is 10.2 Å². The van der Waals surface area contributed by atoms with Gasteiger partial charge in [0.1, 0.15) is 11.2 Å². The van der Waals surface area contributed by atoms with Crippen LogP contribution in [0.4, 0.5) is 0 Å². The lowest BCUT2D eigenvalue weighted by molar-refractivity contribution is -0.160. The van der Waals surface area contributed by atoms with Gasteiger partial charge in [0.25, 0.3) is 0 Å². The topological polar surface area (TPSA) is 88.0 Å². The van der Waals surface area contributed by atoms with Gasteiger partial charge < -0.3 is 10.2 Å². The highest BCUT2D eigenvalue weighted by Crippen LogP contribution is 2.45. The molecule has 4 heteroatoms. The van der Waals surface area contributed by atoms with Gasteiger partial charge in [-0.1, -0.05) is 60.7 Å². The number of nitrogens with zero attached hydrogens (tertiary/aromatic N) is 2. The molecule has 2 atom stereocenters. The Bertz CT molecular complexity index is 640. The summed E-state index contributed by atoms with van der Waals surface area (Å²) in [6, 6.07) is 20.8. The molecule has 2 aromatic carbocycles. The van der Waals surface area contributed by atoms with Crippen molar-refractivity contribution in [2.75, 3.05) is 0 Å². The Kier molecular flexibility index (Phi) is 4.58. The number of rotatable bonds is 5. The van der Waals surface area contributed by atoms with E-state index >= 15 is 0 Å². The van der Waals surface area contributed by atoms with Crippen LogP contribution in [0.1, 0.15) is 24.0 Å². The average Bonchev–Trinajstić information content (AvgIpc) is 2.56. The Morgan fingerprint density at radius 1 is 0.682 bits per heavy atom. The van der Waals surface area contributed by atoms with Crippen LogP contribution in [0.2, 0.25) is 0 Å². The fourth-order valence-electron chi connectivity index (χ4n) is 2.63. The zero-order valence-corrected chi connectivity index (χ0v) is 12.0. The normalized spacial score (nSPS) is 15.8. The van der Waals surface area contributed by atoms with Crippen molar-refractivity contribution in [3.63, 3.8) is 0 Å². The van der Waals surface area contributed by atoms with Crippen molar-refractivity contribution in [2.24, 2.45) is 0 Å². The number of hydrogen-bond donors (Lipinski definition) is 2. The maximum absolute atomic E-state index is 11.2. The van der Waals surface area contributed by atoms with E-state index in [1.807, 2.05) is 12.1 Å². The lowest BCUT2D eigenvalue weighted by Gasteiger charge is -2.42. The van der Waals surface area contributed by atoms with E-state index in [2.05, 4.69) is 0 Å². The summed E-state index contributed by atoms with van der Waals surface area (Å²) >= 11 is 0. The first-order valence-electron chi connectivity index (χ1n) is 6.88. The van der Waals surface area contributed by atoms with Crippen LogP contribution in [0, 0.1) is 22.7 Å². The average molecular weight is 292 g/mol. The molecule has 0 bridgehead atoms. The van der Waals surface area contributed by atoms with Crippen molar-refractivity contribution in [3.8, 4) is 12.1 Å². The second kappa shape index (κ2) is 6.41. The van der Waals surface area contributed by atoms with Crippen molar-refractivity contribution in [3.05, 3.63) is 71.8 Å². The Hall–Kier alpha value is -2.66. The summed E-state index contributed by atoms with van der Waals surface area (Å²) < 4.78 is 0. The largest absolute Gasteiger partial charge is 0.381 e. The van der Waals surface area contributed by atoms with Crippen LogP contribution < -0.4 is 0 Å². The molecule has 0 aliphatic rings. The van der Waals surface area contributed by atoms with Crippen LogP contribution in [0.5, 0.6) is 0 Å². The molecular formula is C18H16N2O2. The van der Waals surface area contributed by atoms with Crippen molar-refractivity contribution >= 4 is 0 Å². The summed E-state index contributed by atoms with van der Waals surface area (Å²) in [7, 11) is 0. The van der Waals surface area contributed by atoms with E-state index in [1.54, 1.807) is 60.7 Å². The maximum atomic E-state index is 11.2. The third-order valence-electron chi connectivity index (χ3n) is 3.86. The molecule has 0 saturated carbocycles. The minimum Gasteiger partial charge on any atom is -0.381 e. The van der Waals surface area contributed by atoms with E-state index in [-0.39, 0.29) is 12.8 Å². The third kappa shape index (κ3) is 2.58. The summed E-state index contributed by atoms with van der Waals surface area (Å²) in [6.07, 6.45) is -0.659. The molecule has 0 spiro atoms. The monoisotopic (exact) mass is 292 g/mol. The van der Waals surface area contributed by atoms with Gasteiger partial charge in [0.15, 0.2) is 0 Å². The second-order valence-corrected chi connectivity index (χ2v) is 5.12. The SMILES string of the molecule is N#CCC(O)(c1ccccc1)C(O)(CC#N)c1ccccc1. The number of hydrogen-bond acceptors (Lipinski definition) is 4. The number of aliphatic hydroxyl groups is 2. The van der Waals surface area contributed by atoms with Gasteiger partial charge in [-0.15, -0.1) is 0 Å². The van der Waals surface area contributed by atoms with Crippen molar-refractivity contribution < 1.29 is 10.2 Å². The zero-order valence-electron chi connectivity index (χ0n) is 12.0. The number of benzene rings is 2. The quantitative estimate of drug-likeness (QED) is 0.886. The predicted molar refractivity (Wildman–Crippen MR) is 81.1 cm³/mol. The molecule has 0 radical (unpaired) electrons. The van der Waals surface area contributed by atoms with E-state index in [9.17, 15) is 10.2 Å². The van der Waals surface area contributed by atoms with Gasteiger partial charge in [-0.2, -0.15) is 10.5 Å². The molecule has 0 heterocycles. The van der Waals surface area contributed by atoms with Crippen LogP contribution >= 0.6 is 0 Å². The molecule has 110 valence electrons. The highest BCUT2D eigenvalue weighted by atomic mass is 16.4. The molecule has 22 heavy (non-hydrogen) atoms. The third-order valence-corrected chi connectivity index (χ3v) is 3.86. The highest BCUT2D eigenvalue weighted by molar-refractivity contribution is 5.35. The maximum Gasteiger partial charge on any atom is 0.136 e. The Labute approximate surface area is 129 Å². The van der Waals surface area contributed by atoms with Crippen LogP contribution in [0.25, 0.3) is 0 Å². The first-order chi connectivity index (χ1) is 10.6. The minimum absolute atomic E-state index is 0.329. The Balaban J connectivity index is 2.67. The standard InChI is InChI=1S/C18H16N2O2/c19-13-11-17(21,15-7-3-1-4-8-15)18(22,12-14-20)16-9-5-2-6-10-16/h1-10,21-22H,11-12H2. The molecule has 0 fully saturated rings. The molecule has 2 rings (SSSR count). The smallest absolute Gasteiger partial charge is 0.136 e. The fourth-order valence-corrected chi connectivity index (χ4v) is 2.63. The van der Waals surface area contributed by atoms with Gasteiger partial charge in [-0.05, 0) is 11.1 Å². The molecule has 0 amide bonds. The Morgan fingerprint density at radius 3 is 1.27 bits per heavy atom. The molecule has 2 unspecified atom stereocenters. The van der Waals surface area contributed by atoms with Gasteiger partial charge in [0.2, 0.25) is 0 Å². The molecule has 0 aromatic heterocycles. The van der Waals surface area contributed by atoms with E-state index in [4.69, 9.17) is 10.5 Å². The summed E-state index contributed by atoms with van der Waals surface area (Å²) in [6.45, 7) is 0. The van der Waals surface area contributed by atoms with E-state index < -0.39 is 11.2 Å². The first-order valence-corrected chi connectivity index (χ1v) is 6.88. The van der Waals surface area contributed by atoms with E-state index in [0.717, 1.165) is 0 Å². The summed E-state index contributed by atoms with van der Waals surface area (Å²) in [5.74, 6) is 0.